The van der Waals surface area contributed by atoms with Gasteiger partial charge in [-0.05, 0) is 23.8 Å². The van der Waals surface area contributed by atoms with E-state index in [-0.39, 0.29) is 0 Å². The van der Waals surface area contributed by atoms with Gasteiger partial charge in [-0.1, -0.05) is 53.0 Å². The largest absolute Gasteiger partial charge is 0.437 e. The molecule has 0 saturated heterocycles. The highest BCUT2D eigenvalue weighted by Gasteiger charge is 2.08. The van der Waals surface area contributed by atoms with Crippen LogP contribution in [-0.2, 0) is 6.54 Å². The van der Waals surface area contributed by atoms with Crippen LogP contribution in [0.1, 0.15) is 19.4 Å². The maximum atomic E-state index is 6.14. The van der Waals surface area contributed by atoms with E-state index < -0.39 is 0 Å². The number of ether oxygens (including phenoxy) is 1. The van der Waals surface area contributed by atoms with E-state index in [2.05, 4.69) is 40.1 Å². The van der Waals surface area contributed by atoms with Gasteiger partial charge in [-0.15, -0.1) is 0 Å². The number of pyridine rings is 1. The fourth-order valence-corrected chi connectivity index (χ4v) is 2.52. The lowest BCUT2D eigenvalue weighted by molar-refractivity contribution is 0.461. The second-order valence-corrected chi connectivity index (χ2v) is 6.56. The van der Waals surface area contributed by atoms with Crippen molar-refractivity contribution in [2.24, 2.45) is 0 Å². The zero-order valence-electron chi connectivity index (χ0n) is 11.7. The summed E-state index contributed by atoms with van der Waals surface area (Å²) in [6, 6.07) is 7.61. The minimum Gasteiger partial charge on any atom is -0.437 e. The molecule has 0 amide bonds. The molecular formula is C15H15BrCl2N2O. The number of halogens is 3. The molecule has 2 aromatic rings. The molecule has 21 heavy (non-hydrogen) atoms. The first-order valence-electron chi connectivity index (χ1n) is 6.46. The van der Waals surface area contributed by atoms with Crippen molar-refractivity contribution in [3.8, 4) is 11.6 Å². The Morgan fingerprint density at radius 2 is 2.00 bits per heavy atom. The molecule has 0 bridgehead atoms. The molecule has 1 aromatic carbocycles. The Kier molecular flexibility index (Phi) is 5.88. The highest BCUT2D eigenvalue weighted by atomic mass is 79.9. The summed E-state index contributed by atoms with van der Waals surface area (Å²) in [5.41, 5.74) is 0.934. The van der Waals surface area contributed by atoms with Crippen molar-refractivity contribution in [2.45, 2.75) is 26.4 Å². The summed E-state index contributed by atoms with van der Waals surface area (Å²) in [4.78, 5) is 4.17. The number of nitrogens with one attached hydrogen (secondary N) is 1. The van der Waals surface area contributed by atoms with E-state index in [1.807, 2.05) is 12.1 Å². The molecule has 0 saturated carbocycles. The Morgan fingerprint density at radius 3 is 2.67 bits per heavy atom. The van der Waals surface area contributed by atoms with Crippen LogP contribution in [-0.4, -0.2) is 11.0 Å². The van der Waals surface area contributed by atoms with Crippen molar-refractivity contribution in [1.82, 2.24) is 10.3 Å². The molecule has 0 atom stereocenters. The van der Waals surface area contributed by atoms with Gasteiger partial charge in [0.2, 0.25) is 5.88 Å². The summed E-state index contributed by atoms with van der Waals surface area (Å²) >= 11 is 15.6. The summed E-state index contributed by atoms with van der Waals surface area (Å²) in [5, 5.41) is 4.44. The van der Waals surface area contributed by atoms with Crippen LogP contribution in [0.3, 0.4) is 0 Å². The molecule has 0 unspecified atom stereocenters. The molecule has 1 N–H and O–H groups in total. The van der Waals surface area contributed by atoms with Gasteiger partial charge in [-0.2, -0.15) is 0 Å². The fourth-order valence-electron chi connectivity index (χ4n) is 1.63. The van der Waals surface area contributed by atoms with E-state index in [9.17, 15) is 0 Å². The first kappa shape index (κ1) is 16.6. The van der Waals surface area contributed by atoms with E-state index in [1.165, 1.54) is 0 Å². The van der Waals surface area contributed by atoms with Gasteiger partial charge in [-0.25, -0.2) is 4.98 Å². The maximum Gasteiger partial charge on any atom is 0.219 e. The Balaban J connectivity index is 2.18. The molecule has 0 fully saturated rings. The summed E-state index contributed by atoms with van der Waals surface area (Å²) in [7, 11) is 0. The standard InChI is InChI=1S/C15H15BrCl2N2O/c1-9(2)19-7-10-5-15(20-8-13(10)18)21-14-4-3-11(16)6-12(14)17/h3-6,8-9,19H,7H2,1-2H3. The Labute approximate surface area is 142 Å². The first-order valence-corrected chi connectivity index (χ1v) is 8.01. The summed E-state index contributed by atoms with van der Waals surface area (Å²) < 4.78 is 6.61. The molecule has 0 aliphatic heterocycles. The zero-order chi connectivity index (χ0) is 15.4. The molecule has 1 aromatic heterocycles. The lowest BCUT2D eigenvalue weighted by Crippen LogP contribution is -2.22. The van der Waals surface area contributed by atoms with Crippen molar-refractivity contribution in [3.05, 3.63) is 50.5 Å². The highest BCUT2D eigenvalue weighted by molar-refractivity contribution is 9.10. The van der Waals surface area contributed by atoms with Crippen LogP contribution in [0.15, 0.2) is 34.9 Å². The highest BCUT2D eigenvalue weighted by Crippen LogP contribution is 2.31. The Hall–Kier alpha value is -0.810. The molecule has 3 nitrogen and oxygen atoms in total. The van der Waals surface area contributed by atoms with Crippen LogP contribution < -0.4 is 10.1 Å². The summed E-state index contributed by atoms with van der Waals surface area (Å²) in [6.45, 7) is 4.81. The van der Waals surface area contributed by atoms with Gasteiger partial charge < -0.3 is 10.1 Å². The van der Waals surface area contributed by atoms with Gasteiger partial charge in [0.1, 0.15) is 5.75 Å². The van der Waals surface area contributed by atoms with Crippen molar-refractivity contribution in [3.63, 3.8) is 0 Å². The van der Waals surface area contributed by atoms with E-state index in [0.29, 0.717) is 34.3 Å². The first-order chi connectivity index (χ1) is 9.95. The van der Waals surface area contributed by atoms with Crippen LogP contribution >= 0.6 is 39.1 Å². The Morgan fingerprint density at radius 1 is 1.24 bits per heavy atom. The molecule has 1 heterocycles. The third kappa shape index (κ3) is 4.85. The van der Waals surface area contributed by atoms with Crippen molar-refractivity contribution in [1.29, 1.82) is 0 Å². The minimum absolute atomic E-state index is 0.375. The SMILES string of the molecule is CC(C)NCc1cc(Oc2ccc(Br)cc2Cl)ncc1Cl. The molecular weight excluding hydrogens is 375 g/mol. The van der Waals surface area contributed by atoms with Crippen molar-refractivity contribution >= 4 is 39.1 Å². The van der Waals surface area contributed by atoms with Crippen LogP contribution in [0, 0.1) is 0 Å². The predicted octanol–water partition coefficient (Wildman–Crippen LogP) is 5.44. The number of benzene rings is 1. The minimum atomic E-state index is 0.375. The Bertz CT molecular complexity index is 635. The van der Waals surface area contributed by atoms with Gasteiger partial charge >= 0.3 is 0 Å². The number of aromatic nitrogens is 1. The van der Waals surface area contributed by atoms with Crippen molar-refractivity contribution in [2.75, 3.05) is 0 Å². The molecule has 0 radical (unpaired) electrons. The van der Waals surface area contributed by atoms with Crippen molar-refractivity contribution < 1.29 is 4.74 Å². The van der Waals surface area contributed by atoms with Gasteiger partial charge in [-0.3, -0.25) is 0 Å². The molecule has 2 rings (SSSR count). The number of hydrogen-bond donors (Lipinski definition) is 1. The molecule has 0 aliphatic rings. The molecule has 6 heteroatoms. The summed E-state index contributed by atoms with van der Waals surface area (Å²) in [6.07, 6.45) is 1.58. The van der Waals surface area contributed by atoms with Crippen LogP contribution in [0.25, 0.3) is 0 Å². The fraction of sp³-hybridized carbons (Fsp3) is 0.267. The zero-order valence-corrected chi connectivity index (χ0v) is 14.8. The molecule has 0 aliphatic carbocycles. The molecule has 112 valence electrons. The smallest absolute Gasteiger partial charge is 0.219 e. The number of rotatable bonds is 5. The second-order valence-electron chi connectivity index (χ2n) is 4.83. The van der Waals surface area contributed by atoms with E-state index in [0.717, 1.165) is 10.0 Å². The average Bonchev–Trinajstić information content (AvgIpc) is 2.42. The topological polar surface area (TPSA) is 34.1 Å². The average molecular weight is 390 g/mol. The van der Waals surface area contributed by atoms with E-state index in [1.54, 1.807) is 18.3 Å². The monoisotopic (exact) mass is 388 g/mol. The molecule has 0 spiro atoms. The van der Waals surface area contributed by atoms with E-state index >= 15 is 0 Å². The quantitative estimate of drug-likeness (QED) is 0.738. The van der Waals surface area contributed by atoms with Gasteiger partial charge in [0.25, 0.3) is 0 Å². The normalized spacial score (nSPS) is 11.0. The van der Waals surface area contributed by atoms with Crippen LogP contribution in [0.5, 0.6) is 11.6 Å². The summed E-state index contributed by atoms with van der Waals surface area (Å²) in [5.74, 6) is 1.02. The van der Waals surface area contributed by atoms with Crippen LogP contribution in [0.4, 0.5) is 0 Å². The third-order valence-corrected chi connectivity index (χ3v) is 3.85. The van der Waals surface area contributed by atoms with Crippen LogP contribution in [0.2, 0.25) is 10.0 Å². The lowest BCUT2D eigenvalue weighted by atomic mass is 10.2. The third-order valence-electron chi connectivity index (χ3n) is 2.72. The second kappa shape index (κ2) is 7.45. The maximum absolute atomic E-state index is 6.14. The number of nitrogens with zero attached hydrogens (tertiary/aromatic N) is 1. The van der Waals surface area contributed by atoms with Gasteiger partial charge in [0.15, 0.2) is 0 Å². The van der Waals surface area contributed by atoms with Gasteiger partial charge in [0.05, 0.1) is 10.0 Å². The predicted molar refractivity (Wildman–Crippen MR) is 90.4 cm³/mol. The lowest BCUT2D eigenvalue weighted by Gasteiger charge is -2.12. The van der Waals surface area contributed by atoms with Gasteiger partial charge in [0, 0.05) is 29.3 Å². The van der Waals surface area contributed by atoms with E-state index in [4.69, 9.17) is 27.9 Å². The number of hydrogen-bond acceptors (Lipinski definition) is 3.